The van der Waals surface area contributed by atoms with Gasteiger partial charge in [0.25, 0.3) is 0 Å². The van der Waals surface area contributed by atoms with E-state index in [1.807, 2.05) is 31.2 Å². The Morgan fingerprint density at radius 2 is 1.12 bits per heavy atom. The normalized spacial score (nSPS) is 10.4. The van der Waals surface area contributed by atoms with Crippen molar-refractivity contribution in [2.24, 2.45) is 5.73 Å². The van der Waals surface area contributed by atoms with E-state index in [0.717, 1.165) is 53.9 Å². The van der Waals surface area contributed by atoms with Crippen LogP contribution in [0.3, 0.4) is 0 Å². The molecule has 0 aliphatic carbocycles. The van der Waals surface area contributed by atoms with Crippen molar-refractivity contribution >= 4 is 23.0 Å². The van der Waals surface area contributed by atoms with Crippen LogP contribution in [0.15, 0.2) is 121 Å². The van der Waals surface area contributed by atoms with Gasteiger partial charge in [0.15, 0.2) is 0 Å². The Morgan fingerprint density at radius 1 is 0.585 bits per heavy atom. The summed E-state index contributed by atoms with van der Waals surface area (Å²) < 4.78 is 0. The Hall–Kier alpha value is -4.83. The molecule has 5 aromatic rings. The number of nitrogens with one attached hydrogen (secondary N) is 1. The number of primary amides is 1. The number of hydrogen-bond acceptors (Lipinski definition) is 3. The lowest BCUT2D eigenvalue weighted by atomic mass is 10.0. The number of rotatable bonds is 9. The Morgan fingerprint density at radius 3 is 1.68 bits per heavy atom. The second-order valence-corrected chi connectivity index (χ2v) is 10.4. The molecule has 0 fully saturated rings. The van der Waals surface area contributed by atoms with Crippen molar-refractivity contribution in [2.75, 3.05) is 11.1 Å². The third kappa shape index (κ3) is 9.11. The molecule has 0 radical (unpaired) electrons. The van der Waals surface area contributed by atoms with E-state index in [2.05, 4.69) is 97.2 Å². The zero-order valence-corrected chi connectivity index (χ0v) is 23.9. The van der Waals surface area contributed by atoms with Crippen LogP contribution in [0.5, 0.6) is 0 Å². The van der Waals surface area contributed by atoms with Crippen molar-refractivity contribution < 1.29 is 4.79 Å². The molecule has 0 spiro atoms. The van der Waals surface area contributed by atoms with Crippen molar-refractivity contribution in [1.82, 2.24) is 0 Å². The van der Waals surface area contributed by atoms with E-state index in [1.54, 1.807) is 12.1 Å². The lowest BCUT2D eigenvalue weighted by molar-refractivity contribution is 0.100. The highest BCUT2D eigenvalue weighted by molar-refractivity contribution is 5.93. The van der Waals surface area contributed by atoms with Crippen molar-refractivity contribution in [2.45, 2.75) is 39.5 Å². The van der Waals surface area contributed by atoms with Gasteiger partial charge in [0.05, 0.1) is 0 Å². The molecule has 0 bridgehead atoms. The van der Waals surface area contributed by atoms with E-state index >= 15 is 0 Å². The predicted molar refractivity (Wildman–Crippen MR) is 173 cm³/mol. The summed E-state index contributed by atoms with van der Waals surface area (Å²) in [4.78, 5) is 11.3. The molecule has 0 saturated carbocycles. The molecule has 4 heteroatoms. The van der Waals surface area contributed by atoms with Gasteiger partial charge in [-0.25, -0.2) is 0 Å². The maximum atomic E-state index is 11.3. The summed E-state index contributed by atoms with van der Waals surface area (Å²) in [5.74, 6) is -0.419. The molecule has 0 atom stereocenters. The van der Waals surface area contributed by atoms with Crippen LogP contribution >= 0.6 is 0 Å². The van der Waals surface area contributed by atoms with Gasteiger partial charge in [-0.1, -0.05) is 91.0 Å². The highest BCUT2D eigenvalue weighted by Crippen LogP contribution is 2.23. The zero-order chi connectivity index (χ0) is 29.0. The fourth-order valence-electron chi connectivity index (χ4n) is 4.58. The molecule has 0 aliphatic rings. The van der Waals surface area contributed by atoms with E-state index < -0.39 is 5.91 Å². The van der Waals surface area contributed by atoms with Gasteiger partial charge in [-0.05, 0) is 103 Å². The minimum absolute atomic E-state index is 0.419. The van der Waals surface area contributed by atoms with Crippen LogP contribution in [0, 0.1) is 13.8 Å². The minimum atomic E-state index is -0.419. The first-order chi connectivity index (χ1) is 19.9. The molecule has 5 aromatic carbocycles. The summed E-state index contributed by atoms with van der Waals surface area (Å²) >= 11 is 0. The molecule has 0 aromatic heterocycles. The van der Waals surface area contributed by atoms with Crippen molar-refractivity contribution in [1.29, 1.82) is 0 Å². The molecule has 0 unspecified atom stereocenters. The first-order valence-corrected chi connectivity index (χ1v) is 14.1. The van der Waals surface area contributed by atoms with E-state index in [4.69, 9.17) is 11.5 Å². The number of aryl methyl sites for hydroxylation is 6. The first-order valence-electron chi connectivity index (χ1n) is 14.1. The quantitative estimate of drug-likeness (QED) is 0.165. The summed E-state index contributed by atoms with van der Waals surface area (Å²) in [6.07, 6.45) is 4.12. The maximum absolute atomic E-state index is 11.3. The molecule has 1 amide bonds. The third-order valence-corrected chi connectivity index (χ3v) is 7.16. The lowest BCUT2D eigenvalue weighted by Gasteiger charge is -2.12. The van der Waals surface area contributed by atoms with E-state index in [9.17, 15) is 4.79 Å². The summed E-state index contributed by atoms with van der Waals surface area (Å²) in [6.45, 7) is 4.11. The van der Waals surface area contributed by atoms with Gasteiger partial charge in [0, 0.05) is 22.6 Å². The Kier molecular flexibility index (Phi) is 10.3. The molecule has 208 valence electrons. The fraction of sp³-hybridized carbons (Fsp3) is 0.162. The number of nitrogen functional groups attached to an aromatic ring is 1. The molecule has 0 saturated heterocycles. The van der Waals surface area contributed by atoms with Crippen LogP contribution in [-0.4, -0.2) is 5.91 Å². The van der Waals surface area contributed by atoms with Gasteiger partial charge in [0.2, 0.25) is 5.91 Å². The van der Waals surface area contributed by atoms with Gasteiger partial charge in [-0.3, -0.25) is 4.79 Å². The zero-order valence-electron chi connectivity index (χ0n) is 23.9. The van der Waals surface area contributed by atoms with Gasteiger partial charge >= 0.3 is 0 Å². The van der Waals surface area contributed by atoms with Crippen molar-refractivity contribution in [3.05, 3.63) is 160 Å². The van der Waals surface area contributed by atoms with E-state index in [0.29, 0.717) is 5.56 Å². The minimum Gasteiger partial charge on any atom is -0.399 e. The van der Waals surface area contributed by atoms with E-state index in [1.165, 1.54) is 22.3 Å². The van der Waals surface area contributed by atoms with Gasteiger partial charge < -0.3 is 16.8 Å². The smallest absolute Gasteiger partial charge is 0.248 e. The standard InChI is InChI=1S/C22H22N2O.C15H17N/c1-16-10-11-18(13-12-17-6-3-2-4-7-17)14-21(16)24-20-9-5-8-19(15-20)22(23)25;1-12-7-8-14(11-15(12)16)10-9-13-5-3-2-4-6-13/h2-11,14-15,24H,12-13H2,1H3,(H2,23,25);2-8,11H,9-10,16H2,1H3. The summed E-state index contributed by atoms with van der Waals surface area (Å²) in [5, 5.41) is 3.40. The van der Waals surface area contributed by atoms with Gasteiger partial charge in [0.1, 0.15) is 0 Å². The number of anilines is 3. The average Bonchev–Trinajstić information content (AvgIpc) is 3.00. The highest BCUT2D eigenvalue weighted by atomic mass is 16.1. The number of carbonyl (C=O) groups is 1. The number of benzene rings is 5. The number of carbonyl (C=O) groups excluding carboxylic acids is 1. The average molecular weight is 542 g/mol. The SMILES string of the molecule is Cc1ccc(CCc2ccccc2)cc1N.Cc1ccc(CCc2ccccc2)cc1Nc1cccc(C(N)=O)c1. The summed E-state index contributed by atoms with van der Waals surface area (Å²) in [5.41, 5.74) is 22.2. The molecule has 0 heterocycles. The highest BCUT2D eigenvalue weighted by Gasteiger charge is 2.05. The first kappa shape index (κ1) is 29.2. The van der Waals surface area contributed by atoms with Crippen LogP contribution in [0.1, 0.15) is 43.7 Å². The molecule has 5 rings (SSSR count). The second kappa shape index (κ2) is 14.5. The van der Waals surface area contributed by atoms with Crippen LogP contribution in [0.2, 0.25) is 0 Å². The largest absolute Gasteiger partial charge is 0.399 e. The van der Waals surface area contributed by atoms with Crippen LogP contribution < -0.4 is 16.8 Å². The van der Waals surface area contributed by atoms with Crippen LogP contribution in [-0.2, 0) is 25.7 Å². The lowest BCUT2D eigenvalue weighted by Crippen LogP contribution is -2.10. The maximum Gasteiger partial charge on any atom is 0.248 e. The number of nitrogens with two attached hydrogens (primary N) is 2. The van der Waals surface area contributed by atoms with Crippen molar-refractivity contribution in [3.63, 3.8) is 0 Å². The Labute approximate surface area is 244 Å². The monoisotopic (exact) mass is 541 g/mol. The Bertz CT molecular complexity index is 1560. The molecular weight excluding hydrogens is 502 g/mol. The number of hydrogen-bond donors (Lipinski definition) is 3. The molecule has 0 aliphatic heterocycles. The number of amides is 1. The molecule has 41 heavy (non-hydrogen) atoms. The van der Waals surface area contributed by atoms with Crippen molar-refractivity contribution in [3.8, 4) is 0 Å². The third-order valence-electron chi connectivity index (χ3n) is 7.16. The molecule has 5 N–H and O–H groups in total. The van der Waals surface area contributed by atoms with Gasteiger partial charge in [-0.2, -0.15) is 0 Å². The van der Waals surface area contributed by atoms with E-state index in [-0.39, 0.29) is 0 Å². The van der Waals surface area contributed by atoms with Gasteiger partial charge in [-0.15, -0.1) is 0 Å². The van der Waals surface area contributed by atoms with Crippen LogP contribution in [0.25, 0.3) is 0 Å². The predicted octanol–water partition coefficient (Wildman–Crippen LogP) is 7.99. The fourth-order valence-corrected chi connectivity index (χ4v) is 4.58. The Balaban J connectivity index is 0.000000208. The molecule has 4 nitrogen and oxygen atoms in total. The van der Waals surface area contributed by atoms with Crippen LogP contribution in [0.4, 0.5) is 17.1 Å². The summed E-state index contributed by atoms with van der Waals surface area (Å²) in [6, 6.07) is 41.1. The second-order valence-electron chi connectivity index (χ2n) is 10.4. The molecular formula is C37H39N3O. The topological polar surface area (TPSA) is 81.1 Å². The summed E-state index contributed by atoms with van der Waals surface area (Å²) in [7, 11) is 0.